The maximum atomic E-state index is 6.05. The largest absolute Gasteiger partial charge is 0.399 e. The first-order chi connectivity index (χ1) is 8.66. The van der Waals surface area contributed by atoms with Crippen LogP contribution >= 0.6 is 27.3 Å². The SMILES string of the molecule is Nc1ccc(-c2csc3c(Br)cccc23)c(N)c1. The minimum absolute atomic E-state index is 0.692. The molecule has 90 valence electrons. The molecule has 1 aromatic heterocycles. The Bertz CT molecular complexity index is 734. The highest BCUT2D eigenvalue weighted by atomic mass is 79.9. The molecule has 2 aromatic carbocycles. The summed E-state index contributed by atoms with van der Waals surface area (Å²) >= 11 is 5.29. The fraction of sp³-hybridized carbons (Fsp3) is 0. The molecule has 0 saturated heterocycles. The van der Waals surface area contributed by atoms with E-state index in [-0.39, 0.29) is 0 Å². The number of hydrogen-bond donors (Lipinski definition) is 2. The number of thiophene rings is 1. The van der Waals surface area contributed by atoms with Crippen molar-refractivity contribution in [2.45, 2.75) is 0 Å². The lowest BCUT2D eigenvalue weighted by Gasteiger charge is -2.06. The molecule has 3 aromatic rings. The van der Waals surface area contributed by atoms with Gasteiger partial charge in [-0.3, -0.25) is 0 Å². The molecule has 0 unspecified atom stereocenters. The van der Waals surface area contributed by atoms with Crippen LogP contribution in [-0.2, 0) is 0 Å². The molecule has 4 N–H and O–H groups in total. The molecule has 0 spiro atoms. The predicted molar refractivity (Wildman–Crippen MR) is 83.8 cm³/mol. The van der Waals surface area contributed by atoms with Crippen LogP contribution in [0, 0.1) is 0 Å². The first-order valence-electron chi connectivity index (χ1n) is 5.48. The Hall–Kier alpha value is -1.52. The van der Waals surface area contributed by atoms with Gasteiger partial charge >= 0.3 is 0 Å². The third kappa shape index (κ3) is 1.78. The number of hydrogen-bond acceptors (Lipinski definition) is 3. The molecule has 4 heteroatoms. The smallest absolute Gasteiger partial charge is 0.0491 e. The molecule has 0 bridgehead atoms. The quantitative estimate of drug-likeness (QED) is 0.649. The highest BCUT2D eigenvalue weighted by molar-refractivity contribution is 9.10. The molecule has 3 rings (SSSR count). The van der Waals surface area contributed by atoms with E-state index in [9.17, 15) is 0 Å². The molecular formula is C14H11BrN2S. The summed E-state index contributed by atoms with van der Waals surface area (Å²) in [4.78, 5) is 0. The van der Waals surface area contributed by atoms with Crippen LogP contribution in [0.5, 0.6) is 0 Å². The Kier molecular flexibility index (Phi) is 2.76. The fourth-order valence-electron chi connectivity index (χ4n) is 2.06. The Labute approximate surface area is 117 Å². The van der Waals surface area contributed by atoms with Crippen molar-refractivity contribution in [1.82, 2.24) is 0 Å². The summed E-state index contributed by atoms with van der Waals surface area (Å²) in [6.07, 6.45) is 0. The van der Waals surface area contributed by atoms with Crippen LogP contribution in [0.2, 0.25) is 0 Å². The van der Waals surface area contributed by atoms with Crippen LogP contribution in [0.25, 0.3) is 21.2 Å². The van der Waals surface area contributed by atoms with Crippen molar-refractivity contribution < 1.29 is 0 Å². The van der Waals surface area contributed by atoms with Crippen LogP contribution in [0.1, 0.15) is 0 Å². The molecule has 2 nitrogen and oxygen atoms in total. The third-order valence-corrected chi connectivity index (χ3v) is 4.87. The second-order valence-electron chi connectivity index (χ2n) is 4.11. The second-order valence-corrected chi connectivity index (χ2v) is 5.85. The van der Waals surface area contributed by atoms with Crippen molar-refractivity contribution in [3.05, 3.63) is 46.3 Å². The maximum Gasteiger partial charge on any atom is 0.0491 e. The summed E-state index contributed by atoms with van der Waals surface area (Å²) in [7, 11) is 0. The van der Waals surface area contributed by atoms with Gasteiger partial charge in [-0.25, -0.2) is 0 Å². The van der Waals surface area contributed by atoms with Gasteiger partial charge in [-0.1, -0.05) is 18.2 Å². The molecule has 0 atom stereocenters. The van der Waals surface area contributed by atoms with E-state index in [0.717, 1.165) is 21.3 Å². The molecule has 0 saturated carbocycles. The highest BCUT2D eigenvalue weighted by Gasteiger charge is 2.10. The monoisotopic (exact) mass is 318 g/mol. The maximum absolute atomic E-state index is 6.05. The van der Waals surface area contributed by atoms with Gasteiger partial charge in [0, 0.05) is 37.1 Å². The molecular weight excluding hydrogens is 308 g/mol. The first kappa shape index (κ1) is 11.6. The summed E-state index contributed by atoms with van der Waals surface area (Å²) in [6.45, 7) is 0. The van der Waals surface area contributed by atoms with Crippen molar-refractivity contribution in [2.75, 3.05) is 11.5 Å². The van der Waals surface area contributed by atoms with Crippen LogP contribution in [0.4, 0.5) is 11.4 Å². The van der Waals surface area contributed by atoms with Crippen molar-refractivity contribution in [1.29, 1.82) is 0 Å². The van der Waals surface area contributed by atoms with Gasteiger partial charge < -0.3 is 11.5 Å². The van der Waals surface area contributed by atoms with Gasteiger partial charge in [-0.2, -0.15) is 0 Å². The van der Waals surface area contributed by atoms with Gasteiger partial charge in [-0.05, 0) is 39.5 Å². The lowest BCUT2D eigenvalue weighted by Crippen LogP contribution is -1.92. The standard InChI is InChI=1S/C14H11BrN2S/c15-12-3-1-2-10-11(7-18-14(10)12)9-5-4-8(16)6-13(9)17/h1-7H,16-17H2. The highest BCUT2D eigenvalue weighted by Crippen LogP contribution is 2.39. The molecule has 0 aliphatic heterocycles. The minimum atomic E-state index is 0.692. The zero-order valence-corrected chi connectivity index (χ0v) is 11.9. The summed E-state index contributed by atoms with van der Waals surface area (Å²) < 4.78 is 2.36. The Balaban J connectivity index is 2.29. The van der Waals surface area contributed by atoms with Crippen LogP contribution in [0.15, 0.2) is 46.3 Å². The summed E-state index contributed by atoms with van der Waals surface area (Å²) in [5, 5.41) is 3.35. The molecule has 0 aliphatic carbocycles. The van der Waals surface area contributed by atoms with Crippen molar-refractivity contribution >= 4 is 48.7 Å². The number of nitrogen functional groups attached to an aromatic ring is 2. The van der Waals surface area contributed by atoms with Crippen LogP contribution in [-0.4, -0.2) is 0 Å². The normalized spacial score (nSPS) is 10.9. The van der Waals surface area contributed by atoms with Gasteiger partial charge in [0.1, 0.15) is 0 Å². The lowest BCUT2D eigenvalue weighted by atomic mass is 10.0. The van der Waals surface area contributed by atoms with Crippen molar-refractivity contribution in [2.24, 2.45) is 0 Å². The average molecular weight is 319 g/mol. The van der Waals surface area contributed by atoms with E-state index in [4.69, 9.17) is 11.5 Å². The molecule has 0 amide bonds. The number of fused-ring (bicyclic) bond motifs is 1. The predicted octanol–water partition coefficient (Wildman–Crippen LogP) is 4.50. The van der Waals surface area contributed by atoms with E-state index in [2.05, 4.69) is 33.4 Å². The number of halogens is 1. The zero-order chi connectivity index (χ0) is 12.7. The van der Waals surface area contributed by atoms with E-state index in [1.165, 1.54) is 10.1 Å². The number of benzene rings is 2. The Morgan fingerprint density at radius 3 is 2.61 bits per heavy atom. The molecule has 1 heterocycles. The first-order valence-corrected chi connectivity index (χ1v) is 7.15. The zero-order valence-electron chi connectivity index (χ0n) is 9.48. The Morgan fingerprint density at radius 2 is 1.83 bits per heavy atom. The van der Waals surface area contributed by atoms with Gasteiger partial charge in [-0.15, -0.1) is 11.3 Å². The van der Waals surface area contributed by atoms with Crippen molar-refractivity contribution in [3.63, 3.8) is 0 Å². The Morgan fingerprint density at radius 1 is 1.00 bits per heavy atom. The van der Waals surface area contributed by atoms with E-state index < -0.39 is 0 Å². The molecule has 0 radical (unpaired) electrons. The summed E-state index contributed by atoms with van der Waals surface area (Å²) in [5.74, 6) is 0. The summed E-state index contributed by atoms with van der Waals surface area (Å²) in [6, 6.07) is 11.9. The topological polar surface area (TPSA) is 52.0 Å². The number of rotatable bonds is 1. The van der Waals surface area contributed by atoms with E-state index >= 15 is 0 Å². The van der Waals surface area contributed by atoms with Gasteiger partial charge in [0.05, 0.1) is 0 Å². The molecule has 18 heavy (non-hydrogen) atoms. The van der Waals surface area contributed by atoms with Gasteiger partial charge in [0.2, 0.25) is 0 Å². The van der Waals surface area contributed by atoms with Crippen LogP contribution in [0.3, 0.4) is 0 Å². The number of nitrogens with two attached hydrogens (primary N) is 2. The minimum Gasteiger partial charge on any atom is -0.399 e. The van der Waals surface area contributed by atoms with E-state index in [1.807, 2.05) is 18.2 Å². The lowest BCUT2D eigenvalue weighted by molar-refractivity contribution is 1.65. The van der Waals surface area contributed by atoms with Crippen molar-refractivity contribution in [3.8, 4) is 11.1 Å². The van der Waals surface area contributed by atoms with E-state index in [0.29, 0.717) is 5.69 Å². The number of anilines is 2. The third-order valence-electron chi connectivity index (χ3n) is 2.92. The second kappa shape index (κ2) is 4.30. The average Bonchev–Trinajstić information content (AvgIpc) is 2.74. The van der Waals surface area contributed by atoms with E-state index in [1.54, 1.807) is 17.4 Å². The fourth-order valence-corrected chi connectivity index (χ4v) is 3.68. The van der Waals surface area contributed by atoms with Crippen LogP contribution < -0.4 is 11.5 Å². The van der Waals surface area contributed by atoms with Gasteiger partial charge in [0.25, 0.3) is 0 Å². The summed E-state index contributed by atoms with van der Waals surface area (Å²) in [5.41, 5.74) is 15.4. The molecule has 0 aliphatic rings. The molecule has 0 fully saturated rings. The van der Waals surface area contributed by atoms with Gasteiger partial charge in [0.15, 0.2) is 0 Å².